The molecule has 1 amide bonds. The highest BCUT2D eigenvalue weighted by Crippen LogP contribution is 2.32. The number of halogens is 3. The van der Waals surface area contributed by atoms with Crippen LogP contribution < -0.4 is 5.32 Å². The molecule has 3 aromatic rings. The van der Waals surface area contributed by atoms with Gasteiger partial charge >= 0.3 is 12.1 Å². The average Bonchev–Trinajstić information content (AvgIpc) is 3.65. The highest BCUT2D eigenvalue weighted by atomic mass is 19.4. The Labute approximate surface area is 225 Å². The fraction of sp³-hybridized carbons (Fsp3) is 0.429. The van der Waals surface area contributed by atoms with E-state index >= 15 is 0 Å². The largest absolute Gasteiger partial charge is 0.490 e. The highest BCUT2D eigenvalue weighted by Gasteiger charge is 2.38. The lowest BCUT2D eigenvalue weighted by molar-refractivity contribution is -0.192. The summed E-state index contributed by atoms with van der Waals surface area (Å²) in [5.41, 5.74) is 3.63. The summed E-state index contributed by atoms with van der Waals surface area (Å²) >= 11 is 0. The van der Waals surface area contributed by atoms with Crippen LogP contribution in [0.5, 0.6) is 0 Å². The summed E-state index contributed by atoms with van der Waals surface area (Å²) in [5.74, 6) is -1.37. The number of benzene rings is 1. The molecule has 2 heterocycles. The van der Waals surface area contributed by atoms with Crippen LogP contribution in [-0.4, -0.2) is 68.8 Å². The Kier molecular flexibility index (Phi) is 10.6. The fourth-order valence-electron chi connectivity index (χ4n) is 3.94. The fourth-order valence-corrected chi connectivity index (χ4v) is 3.94. The first-order valence-electron chi connectivity index (χ1n) is 13.0. The molecule has 1 fully saturated rings. The maximum absolute atomic E-state index is 13.0. The first-order chi connectivity index (χ1) is 18.6. The number of carbonyl (C=O) groups excluding carboxylic acids is 1. The number of hydrogen-bond acceptors (Lipinski definition) is 5. The summed E-state index contributed by atoms with van der Waals surface area (Å²) in [7, 11) is 0. The molecule has 0 saturated heterocycles. The van der Waals surface area contributed by atoms with E-state index in [2.05, 4.69) is 44.8 Å². The van der Waals surface area contributed by atoms with Gasteiger partial charge in [-0.05, 0) is 50.9 Å². The van der Waals surface area contributed by atoms with E-state index in [-0.39, 0.29) is 5.91 Å². The SMILES string of the molecule is CCN(CC)CCCNC(=O)c1cc(-c2cnc(-c3ccccc3)nc2)cn1CC1CC1.O=C(O)C(F)(F)F. The van der Waals surface area contributed by atoms with E-state index in [9.17, 15) is 18.0 Å². The van der Waals surface area contributed by atoms with Crippen molar-refractivity contribution in [2.45, 2.75) is 45.8 Å². The van der Waals surface area contributed by atoms with Gasteiger partial charge in [0.1, 0.15) is 5.69 Å². The summed E-state index contributed by atoms with van der Waals surface area (Å²) in [5, 5.41) is 10.2. The molecule has 39 heavy (non-hydrogen) atoms. The molecule has 11 heteroatoms. The van der Waals surface area contributed by atoms with Crippen molar-refractivity contribution in [2.75, 3.05) is 26.2 Å². The third kappa shape index (κ3) is 9.20. The highest BCUT2D eigenvalue weighted by molar-refractivity contribution is 5.94. The first-order valence-corrected chi connectivity index (χ1v) is 13.0. The second kappa shape index (κ2) is 13.9. The number of carbonyl (C=O) groups is 2. The third-order valence-electron chi connectivity index (χ3n) is 6.37. The zero-order chi connectivity index (χ0) is 28.4. The molecule has 8 nitrogen and oxygen atoms in total. The van der Waals surface area contributed by atoms with Gasteiger partial charge in [0.25, 0.3) is 5.91 Å². The van der Waals surface area contributed by atoms with Crippen LogP contribution >= 0.6 is 0 Å². The van der Waals surface area contributed by atoms with E-state index < -0.39 is 12.1 Å². The molecule has 2 aromatic heterocycles. The van der Waals surface area contributed by atoms with Gasteiger partial charge in [-0.3, -0.25) is 4.79 Å². The standard InChI is InChI=1S/C26H33N5O.C2HF3O2/c1-3-30(4-2)14-8-13-27-26(32)24-15-22(19-31(24)18-20-11-12-20)23-16-28-25(29-17-23)21-9-6-5-7-10-21;3-2(4,5)1(6)7/h5-7,9-10,15-17,19-20H,3-4,8,11-14,18H2,1-2H3,(H,27,32);(H,6,7). The maximum atomic E-state index is 13.0. The van der Waals surface area contributed by atoms with Crippen molar-refractivity contribution >= 4 is 11.9 Å². The number of rotatable bonds is 11. The predicted octanol–water partition coefficient (Wildman–Crippen LogP) is 5.12. The lowest BCUT2D eigenvalue weighted by Gasteiger charge is -2.17. The van der Waals surface area contributed by atoms with Crippen molar-refractivity contribution in [3.8, 4) is 22.5 Å². The number of aliphatic carboxylic acids is 1. The quantitative estimate of drug-likeness (QED) is 0.325. The predicted molar refractivity (Wildman–Crippen MR) is 142 cm³/mol. The monoisotopic (exact) mass is 545 g/mol. The molecule has 0 bridgehead atoms. The summed E-state index contributed by atoms with van der Waals surface area (Å²) in [6.45, 7) is 9.02. The third-order valence-corrected chi connectivity index (χ3v) is 6.37. The summed E-state index contributed by atoms with van der Waals surface area (Å²) in [4.78, 5) is 33.3. The number of nitrogens with one attached hydrogen (secondary N) is 1. The van der Waals surface area contributed by atoms with E-state index in [1.165, 1.54) is 12.8 Å². The molecule has 210 valence electrons. The van der Waals surface area contributed by atoms with Crippen molar-refractivity contribution in [1.29, 1.82) is 0 Å². The van der Waals surface area contributed by atoms with E-state index in [0.29, 0.717) is 18.3 Å². The lowest BCUT2D eigenvalue weighted by Crippen LogP contribution is -2.31. The molecule has 2 N–H and O–H groups in total. The van der Waals surface area contributed by atoms with Gasteiger partial charge in [-0.1, -0.05) is 44.2 Å². The molecule has 0 atom stereocenters. The maximum Gasteiger partial charge on any atom is 0.490 e. The van der Waals surface area contributed by atoms with Crippen molar-refractivity contribution in [1.82, 2.24) is 24.8 Å². The number of nitrogens with zero attached hydrogens (tertiary/aromatic N) is 4. The smallest absolute Gasteiger partial charge is 0.475 e. The van der Waals surface area contributed by atoms with Crippen LogP contribution in [0.2, 0.25) is 0 Å². The number of hydrogen-bond donors (Lipinski definition) is 2. The molecule has 0 unspecified atom stereocenters. The van der Waals surface area contributed by atoms with Crippen molar-refractivity contribution in [2.24, 2.45) is 5.92 Å². The Morgan fingerprint density at radius 1 is 1.05 bits per heavy atom. The molecule has 4 rings (SSSR count). The number of aromatic nitrogens is 3. The summed E-state index contributed by atoms with van der Waals surface area (Å²) in [6, 6.07) is 11.9. The molecule has 0 radical (unpaired) electrons. The molecular weight excluding hydrogens is 511 g/mol. The second-order valence-electron chi connectivity index (χ2n) is 9.31. The number of carboxylic acid groups (broad SMARTS) is 1. The van der Waals surface area contributed by atoms with Gasteiger partial charge in [-0.15, -0.1) is 0 Å². The van der Waals surface area contributed by atoms with Crippen LogP contribution in [0.3, 0.4) is 0 Å². The van der Waals surface area contributed by atoms with Gasteiger partial charge in [0.2, 0.25) is 0 Å². The molecule has 1 aliphatic carbocycles. The summed E-state index contributed by atoms with van der Waals surface area (Å²) in [6.07, 6.45) is 4.12. The van der Waals surface area contributed by atoms with E-state index in [1.54, 1.807) is 0 Å². The lowest BCUT2D eigenvalue weighted by atomic mass is 10.1. The minimum atomic E-state index is -5.08. The van der Waals surface area contributed by atoms with Gasteiger partial charge in [0.05, 0.1) is 0 Å². The van der Waals surface area contributed by atoms with Gasteiger partial charge in [-0.2, -0.15) is 13.2 Å². The van der Waals surface area contributed by atoms with Gasteiger partial charge in [-0.25, -0.2) is 14.8 Å². The minimum Gasteiger partial charge on any atom is -0.475 e. The Morgan fingerprint density at radius 3 is 2.21 bits per heavy atom. The van der Waals surface area contributed by atoms with E-state index in [4.69, 9.17) is 9.90 Å². The van der Waals surface area contributed by atoms with Crippen LogP contribution in [0, 0.1) is 5.92 Å². The van der Waals surface area contributed by atoms with Crippen LogP contribution in [0.15, 0.2) is 55.0 Å². The topological polar surface area (TPSA) is 100 Å². The zero-order valence-corrected chi connectivity index (χ0v) is 22.1. The number of amides is 1. The van der Waals surface area contributed by atoms with E-state index in [0.717, 1.165) is 55.0 Å². The van der Waals surface area contributed by atoms with Crippen LogP contribution in [0.1, 0.15) is 43.6 Å². The molecule has 1 aliphatic rings. The first kappa shape index (κ1) is 29.8. The van der Waals surface area contributed by atoms with Crippen molar-refractivity contribution in [3.05, 3.63) is 60.7 Å². The van der Waals surface area contributed by atoms with Gasteiger partial charge in [0.15, 0.2) is 5.82 Å². The molecule has 0 aliphatic heterocycles. The Bertz CT molecular complexity index is 1210. The average molecular weight is 546 g/mol. The number of carboxylic acids is 1. The van der Waals surface area contributed by atoms with Crippen molar-refractivity contribution in [3.63, 3.8) is 0 Å². The molecular formula is C28H34F3N5O3. The molecule has 0 spiro atoms. The number of alkyl halides is 3. The normalized spacial score (nSPS) is 13.1. The Morgan fingerprint density at radius 2 is 1.67 bits per heavy atom. The Hall–Kier alpha value is -3.73. The zero-order valence-electron chi connectivity index (χ0n) is 22.1. The van der Waals surface area contributed by atoms with Crippen molar-refractivity contribution < 1.29 is 27.9 Å². The minimum absolute atomic E-state index is 0.00160. The molecule has 1 aromatic carbocycles. The molecule has 1 saturated carbocycles. The Balaban J connectivity index is 0.000000532. The van der Waals surface area contributed by atoms with E-state index in [1.807, 2.05) is 48.8 Å². The van der Waals surface area contributed by atoms with Crippen LogP contribution in [0.4, 0.5) is 13.2 Å². The van der Waals surface area contributed by atoms with Gasteiger partial charge in [0, 0.05) is 48.4 Å². The van der Waals surface area contributed by atoms with Crippen LogP contribution in [0.25, 0.3) is 22.5 Å². The second-order valence-corrected chi connectivity index (χ2v) is 9.31. The van der Waals surface area contributed by atoms with Gasteiger partial charge < -0.3 is 19.9 Å². The van der Waals surface area contributed by atoms with Crippen LogP contribution in [-0.2, 0) is 11.3 Å². The summed E-state index contributed by atoms with van der Waals surface area (Å²) < 4.78 is 33.8.